The lowest BCUT2D eigenvalue weighted by atomic mass is 9.90. The van der Waals surface area contributed by atoms with E-state index in [9.17, 15) is 10.1 Å². The number of nitriles is 1. The van der Waals surface area contributed by atoms with Crippen LogP contribution in [0.3, 0.4) is 0 Å². The first-order valence-corrected chi connectivity index (χ1v) is 5.90. The van der Waals surface area contributed by atoms with Gasteiger partial charge in [0.2, 0.25) is 0 Å². The Balaban J connectivity index is 3.13. The number of likely N-dealkylation sites (N-methyl/N-ethyl adjacent to an activating group) is 1. The van der Waals surface area contributed by atoms with E-state index in [0.717, 1.165) is 12.0 Å². The Hall–Kier alpha value is -1.93. The van der Waals surface area contributed by atoms with E-state index in [2.05, 4.69) is 12.2 Å². The number of benzene rings is 1. The monoisotopic (exact) mass is 247 g/mol. The zero-order valence-electron chi connectivity index (χ0n) is 10.8. The Bertz CT molecular complexity index is 476. The van der Waals surface area contributed by atoms with Gasteiger partial charge in [-0.25, -0.2) is 0 Å². The molecule has 1 aromatic rings. The number of hydrogen-bond acceptors (Lipinski definition) is 4. The molecule has 0 saturated heterocycles. The van der Waals surface area contributed by atoms with E-state index >= 15 is 0 Å². The number of nitro groups is 1. The van der Waals surface area contributed by atoms with E-state index in [1.165, 1.54) is 6.07 Å². The fourth-order valence-corrected chi connectivity index (χ4v) is 2.13. The molecule has 0 aliphatic carbocycles. The molecule has 0 aliphatic heterocycles. The number of nitro benzene ring substituents is 1. The van der Waals surface area contributed by atoms with Crippen LogP contribution in [0.5, 0.6) is 0 Å². The van der Waals surface area contributed by atoms with Crippen molar-refractivity contribution in [2.24, 2.45) is 0 Å². The third-order valence-corrected chi connectivity index (χ3v) is 3.28. The molecule has 0 amide bonds. The maximum absolute atomic E-state index is 10.8. The van der Waals surface area contributed by atoms with Crippen LogP contribution in [-0.2, 0) is 0 Å². The summed E-state index contributed by atoms with van der Waals surface area (Å²) in [6, 6.07) is 6.92. The van der Waals surface area contributed by atoms with Crippen molar-refractivity contribution in [2.45, 2.75) is 32.2 Å². The van der Waals surface area contributed by atoms with Crippen molar-refractivity contribution < 1.29 is 4.92 Å². The zero-order valence-corrected chi connectivity index (χ0v) is 10.8. The summed E-state index contributed by atoms with van der Waals surface area (Å²) in [5.74, 6) is 0.202. The summed E-state index contributed by atoms with van der Waals surface area (Å²) in [6.07, 6.45) is 0.955. The number of nitrogens with zero attached hydrogens (tertiary/aromatic N) is 2. The molecule has 2 atom stereocenters. The van der Waals surface area contributed by atoms with E-state index in [-0.39, 0.29) is 23.2 Å². The van der Waals surface area contributed by atoms with Crippen LogP contribution in [0.2, 0.25) is 0 Å². The van der Waals surface area contributed by atoms with Crippen molar-refractivity contribution in [2.75, 3.05) is 7.05 Å². The summed E-state index contributed by atoms with van der Waals surface area (Å²) in [6.45, 7) is 4.13. The Morgan fingerprint density at radius 3 is 2.67 bits per heavy atom. The molecule has 0 aromatic heterocycles. The summed E-state index contributed by atoms with van der Waals surface area (Å²) in [4.78, 5) is 10.2. The Morgan fingerprint density at radius 2 is 2.22 bits per heavy atom. The minimum atomic E-state index is -0.525. The van der Waals surface area contributed by atoms with E-state index in [1.807, 2.05) is 20.0 Å². The first-order valence-electron chi connectivity index (χ1n) is 5.90. The highest BCUT2D eigenvalue weighted by Gasteiger charge is 2.19. The van der Waals surface area contributed by atoms with Crippen molar-refractivity contribution in [3.8, 4) is 6.07 Å². The quantitative estimate of drug-likeness (QED) is 0.640. The van der Waals surface area contributed by atoms with Crippen molar-refractivity contribution in [1.82, 2.24) is 5.32 Å². The van der Waals surface area contributed by atoms with Crippen molar-refractivity contribution in [3.63, 3.8) is 0 Å². The second-order valence-electron chi connectivity index (χ2n) is 4.24. The van der Waals surface area contributed by atoms with E-state index in [1.54, 1.807) is 12.1 Å². The SMILES string of the molecule is CCC(NC)C(C)c1ccc([N+](=O)[O-])c(C#N)c1. The van der Waals surface area contributed by atoms with Crippen molar-refractivity contribution >= 4 is 5.69 Å². The molecule has 2 unspecified atom stereocenters. The van der Waals surface area contributed by atoms with Gasteiger partial charge in [-0.3, -0.25) is 10.1 Å². The van der Waals surface area contributed by atoms with Gasteiger partial charge in [-0.15, -0.1) is 0 Å². The van der Waals surface area contributed by atoms with Crippen molar-refractivity contribution in [3.05, 3.63) is 39.4 Å². The number of nitrogens with one attached hydrogen (secondary N) is 1. The lowest BCUT2D eigenvalue weighted by Crippen LogP contribution is -2.29. The first kappa shape index (κ1) is 14.1. The van der Waals surface area contributed by atoms with Gasteiger partial charge in [-0.1, -0.05) is 19.9 Å². The fraction of sp³-hybridized carbons (Fsp3) is 0.462. The van der Waals surface area contributed by atoms with Gasteiger partial charge in [-0.2, -0.15) is 5.26 Å². The van der Waals surface area contributed by atoms with E-state index in [0.29, 0.717) is 0 Å². The highest BCUT2D eigenvalue weighted by molar-refractivity contribution is 5.51. The van der Waals surface area contributed by atoms with Crippen LogP contribution in [0, 0.1) is 21.4 Å². The zero-order chi connectivity index (χ0) is 13.7. The number of hydrogen-bond donors (Lipinski definition) is 1. The molecule has 96 valence electrons. The predicted octanol–water partition coefficient (Wildman–Crippen LogP) is 2.57. The molecule has 0 heterocycles. The summed E-state index contributed by atoms with van der Waals surface area (Å²) in [5.41, 5.74) is 0.930. The molecule has 1 aromatic carbocycles. The van der Waals surface area contributed by atoms with Crippen LogP contribution in [0.4, 0.5) is 5.69 Å². The van der Waals surface area contributed by atoms with Crippen LogP contribution < -0.4 is 5.32 Å². The highest BCUT2D eigenvalue weighted by Crippen LogP contribution is 2.26. The smallest absolute Gasteiger partial charge is 0.287 e. The molecule has 1 rings (SSSR count). The Morgan fingerprint density at radius 1 is 1.56 bits per heavy atom. The van der Waals surface area contributed by atoms with Gasteiger partial charge in [0.1, 0.15) is 11.6 Å². The molecule has 5 heteroatoms. The van der Waals surface area contributed by atoms with E-state index < -0.39 is 4.92 Å². The van der Waals surface area contributed by atoms with Crippen molar-refractivity contribution in [1.29, 1.82) is 5.26 Å². The van der Waals surface area contributed by atoms with Gasteiger partial charge in [0, 0.05) is 12.1 Å². The molecule has 5 nitrogen and oxygen atoms in total. The molecule has 0 bridgehead atoms. The van der Waals surface area contributed by atoms with Crippen LogP contribution in [-0.4, -0.2) is 18.0 Å². The fourth-order valence-electron chi connectivity index (χ4n) is 2.13. The summed E-state index contributed by atoms with van der Waals surface area (Å²) >= 11 is 0. The van der Waals surface area contributed by atoms with Crippen LogP contribution in [0.1, 0.15) is 37.3 Å². The molecule has 0 aliphatic rings. The average Bonchev–Trinajstić information content (AvgIpc) is 2.39. The van der Waals surface area contributed by atoms with Crippen LogP contribution in [0.25, 0.3) is 0 Å². The maximum Gasteiger partial charge on any atom is 0.287 e. The van der Waals surface area contributed by atoms with Gasteiger partial charge < -0.3 is 5.32 Å². The maximum atomic E-state index is 10.8. The van der Waals surface area contributed by atoms with E-state index in [4.69, 9.17) is 5.26 Å². The standard InChI is InChI=1S/C13H17N3O2/c1-4-12(15-3)9(2)10-5-6-13(16(17)18)11(7-10)8-14/h5-7,9,12,15H,4H2,1-3H3. The van der Waals surface area contributed by atoms with Gasteiger partial charge in [0.15, 0.2) is 0 Å². The molecule has 1 N–H and O–H groups in total. The van der Waals surface area contributed by atoms with Gasteiger partial charge in [0.05, 0.1) is 4.92 Å². The second-order valence-corrected chi connectivity index (χ2v) is 4.24. The summed E-state index contributed by atoms with van der Waals surface area (Å²) in [5, 5.41) is 22.9. The van der Waals surface area contributed by atoms with Gasteiger partial charge in [0.25, 0.3) is 5.69 Å². The number of rotatable bonds is 5. The minimum absolute atomic E-state index is 0.121. The summed E-state index contributed by atoms with van der Waals surface area (Å²) in [7, 11) is 1.89. The lowest BCUT2D eigenvalue weighted by Gasteiger charge is -2.22. The lowest BCUT2D eigenvalue weighted by molar-refractivity contribution is -0.385. The van der Waals surface area contributed by atoms with Crippen LogP contribution in [0.15, 0.2) is 18.2 Å². The Kier molecular flexibility index (Phi) is 4.81. The molecular weight excluding hydrogens is 230 g/mol. The highest BCUT2D eigenvalue weighted by atomic mass is 16.6. The third kappa shape index (κ3) is 2.84. The first-order chi connectivity index (χ1) is 8.54. The largest absolute Gasteiger partial charge is 0.316 e. The molecule has 0 fully saturated rings. The van der Waals surface area contributed by atoms with Crippen LogP contribution >= 0.6 is 0 Å². The van der Waals surface area contributed by atoms with Gasteiger partial charge in [-0.05, 0) is 31.0 Å². The predicted molar refractivity (Wildman–Crippen MR) is 69.4 cm³/mol. The minimum Gasteiger partial charge on any atom is -0.316 e. The summed E-state index contributed by atoms with van der Waals surface area (Å²) < 4.78 is 0. The molecular formula is C13H17N3O2. The Labute approximate surface area is 107 Å². The molecule has 18 heavy (non-hydrogen) atoms. The molecule has 0 spiro atoms. The second kappa shape index (κ2) is 6.12. The van der Waals surface area contributed by atoms with Gasteiger partial charge >= 0.3 is 0 Å². The molecule has 0 saturated carbocycles. The molecule has 0 radical (unpaired) electrons. The topological polar surface area (TPSA) is 79.0 Å². The third-order valence-electron chi connectivity index (χ3n) is 3.28. The normalized spacial score (nSPS) is 13.7. The average molecular weight is 247 g/mol.